The van der Waals surface area contributed by atoms with Crippen molar-refractivity contribution in [2.24, 2.45) is 5.73 Å². The van der Waals surface area contributed by atoms with Gasteiger partial charge in [0, 0.05) is 5.75 Å². The molecule has 0 unspecified atom stereocenters. The van der Waals surface area contributed by atoms with E-state index in [1.165, 1.54) is 28.1 Å². The van der Waals surface area contributed by atoms with Gasteiger partial charge in [-0.1, -0.05) is 84.6 Å². The molecule has 0 saturated carbocycles. The average Bonchev–Trinajstić information content (AvgIpc) is 3.16. The molecule has 1 atom stereocenters. The molecule has 0 aliphatic rings. The van der Waals surface area contributed by atoms with Crippen LogP contribution in [0.15, 0.2) is 82.4 Å². The molecule has 0 bridgehead atoms. The Labute approximate surface area is 156 Å². The van der Waals surface area contributed by atoms with Crippen molar-refractivity contribution in [2.75, 3.05) is 0 Å². The number of benzene rings is 3. The Balaban J connectivity index is 1.43. The molecule has 0 saturated heterocycles. The first-order valence-corrected chi connectivity index (χ1v) is 9.50. The third-order valence-corrected chi connectivity index (χ3v) is 5.14. The molecule has 0 aliphatic carbocycles. The molecule has 1 heterocycles. The molecule has 3 aromatic carbocycles. The topological polar surface area (TPSA) is 64.9 Å². The molecule has 4 rings (SSSR count). The van der Waals surface area contributed by atoms with Crippen molar-refractivity contribution in [2.45, 2.75) is 23.4 Å². The standard InChI is InChI=1S/C21H19N3OS/c22-19(13-15-7-2-1-3-8-15)20-23-24-21(25-20)26-14-17-11-6-10-16-9-4-5-12-18(16)17/h1-12,19H,13-14,22H2/t19-/m0/s1. The summed E-state index contributed by atoms with van der Waals surface area (Å²) in [5.74, 6) is 1.26. The quantitative estimate of drug-likeness (QED) is 0.502. The second kappa shape index (κ2) is 7.72. The van der Waals surface area contributed by atoms with Crippen LogP contribution in [0.5, 0.6) is 0 Å². The predicted octanol–water partition coefficient (Wildman–Crippen LogP) is 4.76. The van der Waals surface area contributed by atoms with E-state index in [0.29, 0.717) is 17.5 Å². The molecule has 4 aromatic rings. The van der Waals surface area contributed by atoms with Gasteiger partial charge in [-0.25, -0.2) is 0 Å². The van der Waals surface area contributed by atoms with Crippen molar-refractivity contribution < 1.29 is 4.42 Å². The highest BCUT2D eigenvalue weighted by Crippen LogP contribution is 2.27. The van der Waals surface area contributed by atoms with Gasteiger partial charge >= 0.3 is 0 Å². The number of hydrogen-bond acceptors (Lipinski definition) is 5. The van der Waals surface area contributed by atoms with Gasteiger partial charge < -0.3 is 10.2 Å². The Kier molecular flexibility index (Phi) is 5.00. The summed E-state index contributed by atoms with van der Waals surface area (Å²) in [4.78, 5) is 0. The molecule has 5 heteroatoms. The van der Waals surface area contributed by atoms with Gasteiger partial charge in [-0.2, -0.15) is 0 Å². The lowest BCUT2D eigenvalue weighted by molar-refractivity contribution is 0.385. The maximum Gasteiger partial charge on any atom is 0.276 e. The van der Waals surface area contributed by atoms with Crippen LogP contribution in [0.1, 0.15) is 23.1 Å². The third kappa shape index (κ3) is 3.79. The largest absolute Gasteiger partial charge is 0.414 e. The zero-order valence-corrected chi connectivity index (χ0v) is 15.0. The van der Waals surface area contributed by atoms with Gasteiger partial charge in [-0.05, 0) is 28.3 Å². The molecule has 2 N–H and O–H groups in total. The van der Waals surface area contributed by atoms with Crippen LogP contribution < -0.4 is 5.73 Å². The van der Waals surface area contributed by atoms with Gasteiger partial charge in [0.25, 0.3) is 5.22 Å². The van der Waals surface area contributed by atoms with Gasteiger partial charge in [0.2, 0.25) is 5.89 Å². The van der Waals surface area contributed by atoms with E-state index in [4.69, 9.17) is 10.2 Å². The molecular formula is C21H19N3OS. The molecule has 0 fully saturated rings. The minimum atomic E-state index is -0.295. The normalized spacial score (nSPS) is 12.3. The first-order chi connectivity index (χ1) is 12.8. The molecule has 0 radical (unpaired) electrons. The average molecular weight is 361 g/mol. The van der Waals surface area contributed by atoms with E-state index in [1.54, 1.807) is 0 Å². The van der Waals surface area contributed by atoms with E-state index in [9.17, 15) is 0 Å². The minimum absolute atomic E-state index is 0.295. The number of rotatable bonds is 6. The fourth-order valence-electron chi connectivity index (χ4n) is 2.94. The van der Waals surface area contributed by atoms with Crippen LogP contribution in [0.2, 0.25) is 0 Å². The second-order valence-electron chi connectivity index (χ2n) is 6.13. The first-order valence-electron chi connectivity index (χ1n) is 8.52. The highest BCUT2D eigenvalue weighted by atomic mass is 32.2. The second-order valence-corrected chi connectivity index (χ2v) is 7.06. The van der Waals surface area contributed by atoms with Crippen LogP contribution in [0.25, 0.3) is 10.8 Å². The van der Waals surface area contributed by atoms with Gasteiger partial charge in [-0.3, -0.25) is 0 Å². The first kappa shape index (κ1) is 16.8. The zero-order valence-electron chi connectivity index (χ0n) is 14.2. The number of aromatic nitrogens is 2. The minimum Gasteiger partial charge on any atom is -0.414 e. The number of fused-ring (bicyclic) bond motifs is 1. The summed E-state index contributed by atoms with van der Waals surface area (Å²) >= 11 is 1.54. The third-order valence-electron chi connectivity index (χ3n) is 4.27. The van der Waals surface area contributed by atoms with E-state index in [1.807, 2.05) is 30.3 Å². The fourth-order valence-corrected chi connectivity index (χ4v) is 3.72. The molecule has 26 heavy (non-hydrogen) atoms. The van der Waals surface area contributed by atoms with Crippen molar-refractivity contribution in [1.29, 1.82) is 0 Å². The van der Waals surface area contributed by atoms with E-state index >= 15 is 0 Å². The number of nitrogens with zero attached hydrogens (tertiary/aromatic N) is 2. The summed E-state index contributed by atoms with van der Waals surface area (Å²) in [6, 6.07) is 24.5. The SMILES string of the molecule is N[C@@H](Cc1ccccc1)c1nnc(SCc2cccc3ccccc23)o1. The monoisotopic (exact) mass is 361 g/mol. The zero-order chi connectivity index (χ0) is 17.8. The molecule has 130 valence electrons. The summed E-state index contributed by atoms with van der Waals surface area (Å²) in [7, 11) is 0. The highest BCUT2D eigenvalue weighted by Gasteiger charge is 2.15. The Bertz CT molecular complexity index is 995. The molecular weight excluding hydrogens is 342 g/mol. The summed E-state index contributed by atoms with van der Waals surface area (Å²) in [5, 5.41) is 11.3. The molecule has 4 nitrogen and oxygen atoms in total. The van der Waals surface area contributed by atoms with Crippen LogP contribution in [0.3, 0.4) is 0 Å². The van der Waals surface area contributed by atoms with Crippen molar-refractivity contribution in [3.63, 3.8) is 0 Å². The lowest BCUT2D eigenvalue weighted by Crippen LogP contribution is -2.13. The molecule has 0 spiro atoms. The molecule has 1 aromatic heterocycles. The Morgan fingerprint density at radius 1 is 0.885 bits per heavy atom. The van der Waals surface area contributed by atoms with Gasteiger partial charge in [0.1, 0.15) is 0 Å². The number of thioether (sulfide) groups is 1. The molecule has 0 aliphatic heterocycles. The van der Waals surface area contributed by atoms with Crippen LogP contribution in [-0.2, 0) is 12.2 Å². The Morgan fingerprint density at radius 2 is 1.65 bits per heavy atom. The van der Waals surface area contributed by atoms with Crippen LogP contribution >= 0.6 is 11.8 Å². The van der Waals surface area contributed by atoms with Crippen molar-refractivity contribution in [3.8, 4) is 0 Å². The lowest BCUT2D eigenvalue weighted by atomic mass is 10.1. The van der Waals surface area contributed by atoms with Crippen molar-refractivity contribution >= 4 is 22.5 Å². The van der Waals surface area contributed by atoms with Crippen molar-refractivity contribution in [3.05, 3.63) is 89.8 Å². The summed E-state index contributed by atoms with van der Waals surface area (Å²) in [6.07, 6.45) is 0.677. The van der Waals surface area contributed by atoms with Crippen LogP contribution in [0.4, 0.5) is 0 Å². The molecule has 0 amide bonds. The smallest absolute Gasteiger partial charge is 0.276 e. The van der Waals surface area contributed by atoms with E-state index in [2.05, 4.69) is 52.7 Å². The highest BCUT2D eigenvalue weighted by molar-refractivity contribution is 7.98. The number of hydrogen-bond donors (Lipinski definition) is 1. The van der Waals surface area contributed by atoms with Crippen LogP contribution in [0, 0.1) is 0 Å². The maximum atomic E-state index is 6.22. The Hall–Kier alpha value is -2.63. The van der Waals surface area contributed by atoms with E-state index in [0.717, 1.165) is 11.3 Å². The van der Waals surface area contributed by atoms with Crippen LogP contribution in [-0.4, -0.2) is 10.2 Å². The summed E-state index contributed by atoms with van der Waals surface area (Å²) in [6.45, 7) is 0. The Morgan fingerprint density at radius 3 is 2.54 bits per heavy atom. The predicted molar refractivity (Wildman–Crippen MR) is 105 cm³/mol. The fraction of sp³-hybridized carbons (Fsp3) is 0.143. The summed E-state index contributed by atoms with van der Waals surface area (Å²) in [5.41, 5.74) is 8.62. The lowest BCUT2D eigenvalue weighted by Gasteiger charge is -2.06. The summed E-state index contributed by atoms with van der Waals surface area (Å²) < 4.78 is 5.77. The van der Waals surface area contributed by atoms with E-state index < -0.39 is 0 Å². The van der Waals surface area contributed by atoms with Gasteiger partial charge in [-0.15, -0.1) is 10.2 Å². The van der Waals surface area contributed by atoms with Crippen molar-refractivity contribution in [1.82, 2.24) is 10.2 Å². The number of nitrogens with two attached hydrogens (primary N) is 1. The van der Waals surface area contributed by atoms with Gasteiger partial charge in [0.15, 0.2) is 0 Å². The van der Waals surface area contributed by atoms with Gasteiger partial charge in [0.05, 0.1) is 6.04 Å². The maximum absolute atomic E-state index is 6.22. The van der Waals surface area contributed by atoms with E-state index in [-0.39, 0.29) is 6.04 Å².